The van der Waals surface area contributed by atoms with Crippen LogP contribution >= 0.6 is 0 Å². The van der Waals surface area contributed by atoms with Crippen molar-refractivity contribution < 1.29 is 19.2 Å². The fraction of sp³-hybridized carbons (Fsp3) is 0.353. The van der Waals surface area contributed by atoms with Gasteiger partial charge in [0.15, 0.2) is 0 Å². The number of esters is 1. The topological polar surface area (TPSA) is 98.9 Å². The standard InChI is InChI=1S/C17H18N2O5/c1-9-14(11(3)20)16(15(10(2)18-9)17(21)24-4)12-6-5-7-13(8-12)19(22)23/h5-8,14,16H,1-4H3. The third-order valence-corrected chi connectivity index (χ3v) is 4.11. The summed E-state index contributed by atoms with van der Waals surface area (Å²) in [5.74, 6) is -2.08. The number of aliphatic imine (C=N–C) groups is 1. The van der Waals surface area contributed by atoms with Crippen molar-refractivity contribution >= 4 is 23.2 Å². The maximum Gasteiger partial charge on any atom is 0.336 e. The summed E-state index contributed by atoms with van der Waals surface area (Å²) in [5.41, 5.74) is 1.69. The number of methoxy groups -OCH3 is 1. The number of non-ortho nitro benzene ring substituents is 1. The second-order valence-electron chi connectivity index (χ2n) is 5.66. The number of allylic oxidation sites excluding steroid dienone is 1. The van der Waals surface area contributed by atoms with Crippen molar-refractivity contribution in [3.63, 3.8) is 0 Å². The number of carbonyl (C=O) groups is 2. The SMILES string of the molecule is COC(=O)C1=C(C)N=C(C)C(C(C)=O)C1c1cccc([N+](=O)[O-])c1. The number of ether oxygens (including phenoxy) is 1. The van der Waals surface area contributed by atoms with Crippen LogP contribution in [-0.2, 0) is 14.3 Å². The summed E-state index contributed by atoms with van der Waals surface area (Å²) in [6.07, 6.45) is 0. The van der Waals surface area contributed by atoms with Gasteiger partial charge in [-0.15, -0.1) is 0 Å². The predicted octanol–water partition coefficient (Wildman–Crippen LogP) is 2.81. The molecule has 0 saturated carbocycles. The Morgan fingerprint density at radius 3 is 2.50 bits per heavy atom. The van der Waals surface area contributed by atoms with Crippen LogP contribution in [0.25, 0.3) is 0 Å². The molecule has 24 heavy (non-hydrogen) atoms. The summed E-state index contributed by atoms with van der Waals surface area (Å²) in [7, 11) is 1.25. The molecule has 0 amide bonds. The minimum Gasteiger partial charge on any atom is -0.466 e. The fourth-order valence-corrected chi connectivity index (χ4v) is 3.13. The summed E-state index contributed by atoms with van der Waals surface area (Å²) < 4.78 is 4.84. The number of benzene rings is 1. The molecule has 2 unspecified atom stereocenters. The number of rotatable bonds is 4. The van der Waals surface area contributed by atoms with Crippen molar-refractivity contribution in [2.24, 2.45) is 10.9 Å². The number of nitrogens with zero attached hydrogens (tertiary/aromatic N) is 2. The number of ketones is 1. The molecule has 1 aromatic rings. The summed E-state index contributed by atoms with van der Waals surface area (Å²) in [6, 6.07) is 5.96. The van der Waals surface area contributed by atoms with Crippen LogP contribution in [0.4, 0.5) is 5.69 Å². The van der Waals surface area contributed by atoms with Crippen molar-refractivity contribution in [2.75, 3.05) is 7.11 Å². The van der Waals surface area contributed by atoms with E-state index < -0.39 is 22.7 Å². The lowest BCUT2D eigenvalue weighted by molar-refractivity contribution is -0.384. The highest BCUT2D eigenvalue weighted by Gasteiger charge is 2.40. The van der Waals surface area contributed by atoms with Crippen molar-refractivity contribution in [3.8, 4) is 0 Å². The normalized spacial score (nSPS) is 20.4. The van der Waals surface area contributed by atoms with Crippen molar-refractivity contribution in [1.29, 1.82) is 0 Å². The highest BCUT2D eigenvalue weighted by molar-refractivity contribution is 6.08. The van der Waals surface area contributed by atoms with Crippen molar-refractivity contribution in [3.05, 3.63) is 51.2 Å². The summed E-state index contributed by atoms with van der Waals surface area (Å²) in [5, 5.41) is 11.1. The van der Waals surface area contributed by atoms with Crippen molar-refractivity contribution in [1.82, 2.24) is 0 Å². The molecule has 1 aliphatic rings. The van der Waals surface area contributed by atoms with E-state index in [1.807, 2.05) is 0 Å². The molecule has 7 nitrogen and oxygen atoms in total. The third-order valence-electron chi connectivity index (χ3n) is 4.11. The molecular weight excluding hydrogens is 312 g/mol. The van der Waals surface area contributed by atoms with Crippen LogP contribution in [-0.4, -0.2) is 29.5 Å². The van der Waals surface area contributed by atoms with Crippen LogP contribution in [0.2, 0.25) is 0 Å². The van der Waals surface area contributed by atoms with E-state index in [4.69, 9.17) is 4.74 Å². The Balaban J connectivity index is 2.70. The lowest BCUT2D eigenvalue weighted by atomic mass is 9.74. The first-order valence-corrected chi connectivity index (χ1v) is 7.37. The molecule has 0 fully saturated rings. The van der Waals surface area contributed by atoms with Gasteiger partial charge in [0.25, 0.3) is 5.69 Å². The predicted molar refractivity (Wildman–Crippen MR) is 87.8 cm³/mol. The van der Waals surface area contributed by atoms with Crippen molar-refractivity contribution in [2.45, 2.75) is 26.7 Å². The molecule has 1 aromatic carbocycles. The van der Waals surface area contributed by atoms with Gasteiger partial charge in [0.05, 0.1) is 23.5 Å². The van der Waals surface area contributed by atoms with Gasteiger partial charge in [-0.05, 0) is 26.3 Å². The zero-order valence-electron chi connectivity index (χ0n) is 13.9. The molecule has 2 atom stereocenters. The molecule has 0 radical (unpaired) electrons. The van der Waals surface area contributed by atoms with E-state index in [0.717, 1.165) is 0 Å². The van der Waals surface area contributed by atoms with E-state index in [9.17, 15) is 19.7 Å². The smallest absolute Gasteiger partial charge is 0.336 e. The van der Waals surface area contributed by atoms with Gasteiger partial charge >= 0.3 is 5.97 Å². The minimum absolute atomic E-state index is 0.100. The molecule has 1 heterocycles. The lowest BCUT2D eigenvalue weighted by Gasteiger charge is -2.31. The van der Waals surface area contributed by atoms with Gasteiger partial charge in [-0.2, -0.15) is 0 Å². The molecule has 0 saturated heterocycles. The second-order valence-corrected chi connectivity index (χ2v) is 5.66. The molecule has 0 aliphatic carbocycles. The van der Waals surface area contributed by atoms with Crippen LogP contribution in [0.1, 0.15) is 32.3 Å². The summed E-state index contributed by atoms with van der Waals surface area (Å²) in [4.78, 5) is 39.3. The molecule has 126 valence electrons. The number of Topliss-reactive ketones (excluding diaryl/α,β-unsaturated/α-hetero) is 1. The minimum atomic E-state index is -0.662. The van der Waals surface area contributed by atoms with E-state index in [1.54, 1.807) is 19.9 Å². The fourth-order valence-electron chi connectivity index (χ4n) is 3.13. The number of nitro benzene ring substituents is 1. The van der Waals surface area contributed by atoms with Crippen LogP contribution < -0.4 is 0 Å². The first kappa shape index (κ1) is 17.5. The maximum absolute atomic E-state index is 12.3. The molecule has 0 bridgehead atoms. The Morgan fingerprint density at radius 1 is 1.29 bits per heavy atom. The average Bonchev–Trinajstić information content (AvgIpc) is 2.53. The van der Waals surface area contributed by atoms with Gasteiger partial charge in [0, 0.05) is 29.5 Å². The van der Waals surface area contributed by atoms with E-state index >= 15 is 0 Å². The van der Waals surface area contributed by atoms with Crippen LogP contribution in [0.15, 0.2) is 40.5 Å². The molecule has 0 spiro atoms. The monoisotopic (exact) mass is 330 g/mol. The van der Waals surface area contributed by atoms with Gasteiger partial charge in [-0.1, -0.05) is 12.1 Å². The molecule has 1 aliphatic heterocycles. The zero-order valence-corrected chi connectivity index (χ0v) is 13.9. The molecule has 0 aromatic heterocycles. The molecule has 7 heteroatoms. The quantitative estimate of drug-likeness (QED) is 0.480. The Kier molecular flexibility index (Phi) is 4.92. The first-order valence-electron chi connectivity index (χ1n) is 7.37. The van der Waals surface area contributed by atoms with E-state index in [1.165, 1.54) is 32.2 Å². The average molecular weight is 330 g/mol. The summed E-state index contributed by atoms with van der Waals surface area (Å²) in [6.45, 7) is 4.80. The molecular formula is C17H18N2O5. The van der Waals surface area contributed by atoms with Gasteiger partial charge < -0.3 is 4.74 Å². The Bertz CT molecular complexity index is 779. The first-order chi connectivity index (χ1) is 11.3. The number of nitro groups is 1. The highest BCUT2D eigenvalue weighted by atomic mass is 16.6. The Hall–Kier alpha value is -2.83. The van der Waals surface area contributed by atoms with E-state index in [2.05, 4.69) is 4.99 Å². The molecule has 2 rings (SSSR count). The molecule has 0 N–H and O–H groups in total. The van der Waals surface area contributed by atoms with Gasteiger partial charge in [-0.3, -0.25) is 19.9 Å². The van der Waals surface area contributed by atoms with Gasteiger partial charge in [0.1, 0.15) is 5.78 Å². The van der Waals surface area contributed by atoms with Gasteiger partial charge in [-0.25, -0.2) is 4.79 Å². The lowest BCUT2D eigenvalue weighted by Crippen LogP contribution is -2.34. The van der Waals surface area contributed by atoms with E-state index in [0.29, 0.717) is 17.0 Å². The maximum atomic E-state index is 12.3. The second kappa shape index (κ2) is 6.74. The van der Waals surface area contributed by atoms with E-state index in [-0.39, 0.29) is 17.0 Å². The van der Waals surface area contributed by atoms with Crippen LogP contribution in [0.5, 0.6) is 0 Å². The Labute approximate surface area is 139 Å². The van der Waals surface area contributed by atoms with Gasteiger partial charge in [0.2, 0.25) is 0 Å². The highest BCUT2D eigenvalue weighted by Crippen LogP contribution is 2.40. The number of hydrogen-bond donors (Lipinski definition) is 0. The zero-order chi connectivity index (χ0) is 18.0. The number of hydrogen-bond acceptors (Lipinski definition) is 6. The Morgan fingerprint density at radius 2 is 1.96 bits per heavy atom. The summed E-state index contributed by atoms with van der Waals surface area (Å²) >= 11 is 0. The van der Waals surface area contributed by atoms with Crippen LogP contribution in [0, 0.1) is 16.0 Å². The third kappa shape index (κ3) is 3.10. The number of carbonyl (C=O) groups excluding carboxylic acids is 2. The van der Waals surface area contributed by atoms with Crippen LogP contribution in [0.3, 0.4) is 0 Å². The largest absolute Gasteiger partial charge is 0.466 e.